The molecule has 1 heterocycles. The lowest BCUT2D eigenvalue weighted by atomic mass is 10.00. The normalized spacial score (nSPS) is 12.7. The van der Waals surface area contributed by atoms with Crippen molar-refractivity contribution in [2.24, 2.45) is 4.99 Å². The zero-order chi connectivity index (χ0) is 18.1. The van der Waals surface area contributed by atoms with Gasteiger partial charge in [-0.15, -0.1) is 0 Å². The lowest BCUT2D eigenvalue weighted by Crippen LogP contribution is -2.38. The van der Waals surface area contributed by atoms with Crippen LogP contribution in [0.3, 0.4) is 0 Å². The largest absolute Gasteiger partial charge is 0.357 e. The van der Waals surface area contributed by atoms with Crippen LogP contribution in [0.25, 0.3) is 0 Å². The molecule has 2 aromatic rings. The van der Waals surface area contributed by atoms with Gasteiger partial charge in [-0.2, -0.15) is 0 Å². The van der Waals surface area contributed by atoms with Crippen molar-refractivity contribution in [2.45, 2.75) is 40.0 Å². The minimum absolute atomic E-state index is 0.401. The first-order chi connectivity index (χ1) is 12.1. The van der Waals surface area contributed by atoms with Gasteiger partial charge in [-0.3, -0.25) is 9.98 Å². The molecule has 4 heteroatoms. The van der Waals surface area contributed by atoms with E-state index in [1.54, 1.807) is 0 Å². The van der Waals surface area contributed by atoms with E-state index in [9.17, 15) is 0 Å². The molecule has 1 atom stereocenters. The van der Waals surface area contributed by atoms with Crippen LogP contribution in [-0.2, 0) is 6.42 Å². The van der Waals surface area contributed by atoms with Crippen LogP contribution in [0.5, 0.6) is 0 Å². The Morgan fingerprint density at radius 2 is 2.04 bits per heavy atom. The predicted octanol–water partition coefficient (Wildman–Crippen LogP) is 3.60. The smallest absolute Gasteiger partial charge is 0.191 e. The van der Waals surface area contributed by atoms with Crippen molar-refractivity contribution >= 4 is 5.96 Å². The highest BCUT2D eigenvalue weighted by Crippen LogP contribution is 2.16. The number of nitrogens with one attached hydrogen (secondary N) is 2. The third-order valence-electron chi connectivity index (χ3n) is 4.30. The van der Waals surface area contributed by atoms with Crippen molar-refractivity contribution in [1.29, 1.82) is 0 Å². The molecular formula is C21H30N4. The summed E-state index contributed by atoms with van der Waals surface area (Å²) in [6.07, 6.45) is 4.73. The number of pyridine rings is 1. The predicted molar refractivity (Wildman–Crippen MR) is 106 cm³/mol. The van der Waals surface area contributed by atoms with Crippen LogP contribution in [0, 0.1) is 13.8 Å². The maximum atomic E-state index is 4.76. The number of rotatable bonds is 7. The van der Waals surface area contributed by atoms with Gasteiger partial charge >= 0.3 is 0 Å². The van der Waals surface area contributed by atoms with Crippen molar-refractivity contribution < 1.29 is 0 Å². The Bertz CT molecular complexity index is 694. The van der Waals surface area contributed by atoms with Gasteiger partial charge in [-0.25, -0.2) is 0 Å². The van der Waals surface area contributed by atoms with E-state index in [0.29, 0.717) is 5.92 Å². The maximum absolute atomic E-state index is 4.76. The number of hydrogen-bond donors (Lipinski definition) is 2. The summed E-state index contributed by atoms with van der Waals surface area (Å²) in [7, 11) is 0. The Balaban J connectivity index is 1.90. The van der Waals surface area contributed by atoms with Gasteiger partial charge in [0.15, 0.2) is 5.96 Å². The van der Waals surface area contributed by atoms with Gasteiger partial charge in [0.2, 0.25) is 0 Å². The van der Waals surface area contributed by atoms with Crippen LogP contribution in [0.2, 0.25) is 0 Å². The number of aliphatic imine (C=N–C) groups is 1. The molecule has 134 valence electrons. The number of guanidine groups is 1. The first-order valence-corrected chi connectivity index (χ1v) is 9.08. The zero-order valence-corrected chi connectivity index (χ0v) is 15.8. The van der Waals surface area contributed by atoms with Gasteiger partial charge in [-0.1, -0.05) is 36.8 Å². The summed E-state index contributed by atoms with van der Waals surface area (Å²) >= 11 is 0. The third-order valence-corrected chi connectivity index (χ3v) is 4.30. The van der Waals surface area contributed by atoms with Crippen molar-refractivity contribution in [1.82, 2.24) is 15.6 Å². The second kappa shape index (κ2) is 9.82. The molecule has 2 rings (SSSR count). The quantitative estimate of drug-likeness (QED) is 0.599. The Morgan fingerprint density at radius 3 is 2.76 bits per heavy atom. The molecule has 0 bridgehead atoms. The molecule has 0 radical (unpaired) electrons. The van der Waals surface area contributed by atoms with Crippen LogP contribution >= 0.6 is 0 Å². The molecule has 1 aromatic heterocycles. The fraction of sp³-hybridized carbons (Fsp3) is 0.429. The second-order valence-corrected chi connectivity index (χ2v) is 6.51. The SMILES string of the molecule is CCNC(=NCC(C)c1cccc(C)c1)NCCc1ccncc1C. The standard InChI is InChI=1S/C21H30N4/c1-5-23-21(24-12-10-19-9-11-22-14-17(19)3)25-15-18(4)20-8-6-7-16(2)13-20/h6-9,11,13-14,18H,5,10,12,15H2,1-4H3,(H2,23,24,25). The van der Waals surface area contributed by atoms with E-state index in [0.717, 1.165) is 32.0 Å². The molecule has 25 heavy (non-hydrogen) atoms. The summed E-state index contributed by atoms with van der Waals surface area (Å²) in [4.78, 5) is 8.90. The molecule has 0 saturated heterocycles. The highest BCUT2D eigenvalue weighted by molar-refractivity contribution is 5.79. The van der Waals surface area contributed by atoms with Gasteiger partial charge < -0.3 is 10.6 Å². The lowest BCUT2D eigenvalue weighted by Gasteiger charge is -2.14. The Kier molecular flexibility index (Phi) is 7.45. The van der Waals surface area contributed by atoms with Gasteiger partial charge in [-0.05, 0) is 49.9 Å². The van der Waals surface area contributed by atoms with Crippen LogP contribution < -0.4 is 10.6 Å². The number of aromatic nitrogens is 1. The topological polar surface area (TPSA) is 49.3 Å². The van der Waals surface area contributed by atoms with E-state index < -0.39 is 0 Å². The highest BCUT2D eigenvalue weighted by Gasteiger charge is 2.06. The van der Waals surface area contributed by atoms with Crippen LogP contribution in [-0.4, -0.2) is 30.6 Å². The monoisotopic (exact) mass is 338 g/mol. The van der Waals surface area contributed by atoms with Gasteiger partial charge in [0.05, 0.1) is 0 Å². The third kappa shape index (κ3) is 6.22. The molecule has 0 aliphatic carbocycles. The first kappa shape index (κ1) is 19.0. The number of hydrogen-bond acceptors (Lipinski definition) is 2. The summed E-state index contributed by atoms with van der Waals surface area (Å²) in [6, 6.07) is 10.8. The molecule has 2 N–H and O–H groups in total. The average molecular weight is 338 g/mol. The molecule has 1 unspecified atom stereocenters. The molecule has 0 aliphatic rings. The maximum Gasteiger partial charge on any atom is 0.191 e. The van der Waals surface area contributed by atoms with E-state index in [1.807, 2.05) is 12.4 Å². The van der Waals surface area contributed by atoms with E-state index >= 15 is 0 Å². The van der Waals surface area contributed by atoms with E-state index in [1.165, 1.54) is 22.3 Å². The summed E-state index contributed by atoms with van der Waals surface area (Å²) in [6.45, 7) is 11.0. The molecule has 0 amide bonds. The lowest BCUT2D eigenvalue weighted by molar-refractivity contribution is 0.744. The highest BCUT2D eigenvalue weighted by atomic mass is 15.2. The minimum atomic E-state index is 0.401. The number of nitrogens with zero attached hydrogens (tertiary/aromatic N) is 2. The van der Waals surface area contributed by atoms with Crippen molar-refractivity contribution in [3.8, 4) is 0 Å². The molecule has 0 spiro atoms. The minimum Gasteiger partial charge on any atom is -0.357 e. The van der Waals surface area contributed by atoms with Gasteiger partial charge in [0, 0.05) is 37.9 Å². The summed E-state index contributed by atoms with van der Waals surface area (Å²) in [5.41, 5.74) is 5.20. The van der Waals surface area contributed by atoms with Gasteiger partial charge in [0.25, 0.3) is 0 Å². The van der Waals surface area contributed by atoms with Crippen LogP contribution in [0.15, 0.2) is 47.7 Å². The summed E-state index contributed by atoms with van der Waals surface area (Å²) in [5.74, 6) is 1.28. The molecule has 0 aliphatic heterocycles. The summed E-state index contributed by atoms with van der Waals surface area (Å²) < 4.78 is 0. The van der Waals surface area contributed by atoms with E-state index in [2.05, 4.69) is 73.6 Å². The van der Waals surface area contributed by atoms with Crippen molar-refractivity contribution in [3.05, 3.63) is 65.0 Å². The van der Waals surface area contributed by atoms with Crippen LogP contribution in [0.1, 0.15) is 42.0 Å². The Hall–Kier alpha value is -2.36. The Morgan fingerprint density at radius 1 is 1.20 bits per heavy atom. The number of aryl methyl sites for hydroxylation is 2. The molecule has 4 nitrogen and oxygen atoms in total. The molecule has 0 fully saturated rings. The fourth-order valence-electron chi connectivity index (χ4n) is 2.75. The number of benzene rings is 1. The van der Waals surface area contributed by atoms with Gasteiger partial charge in [0.1, 0.15) is 0 Å². The second-order valence-electron chi connectivity index (χ2n) is 6.51. The fourth-order valence-corrected chi connectivity index (χ4v) is 2.75. The van der Waals surface area contributed by atoms with Crippen molar-refractivity contribution in [2.75, 3.05) is 19.6 Å². The molecular weight excluding hydrogens is 308 g/mol. The average Bonchev–Trinajstić information content (AvgIpc) is 2.61. The van der Waals surface area contributed by atoms with E-state index in [4.69, 9.17) is 4.99 Å². The van der Waals surface area contributed by atoms with Crippen LogP contribution in [0.4, 0.5) is 0 Å². The van der Waals surface area contributed by atoms with E-state index in [-0.39, 0.29) is 0 Å². The Labute approximate surface area is 151 Å². The summed E-state index contributed by atoms with van der Waals surface area (Å²) in [5, 5.41) is 6.76. The molecule has 0 saturated carbocycles. The van der Waals surface area contributed by atoms with Crippen molar-refractivity contribution in [3.63, 3.8) is 0 Å². The zero-order valence-electron chi connectivity index (χ0n) is 15.8. The molecule has 1 aromatic carbocycles. The first-order valence-electron chi connectivity index (χ1n) is 9.08.